The predicted octanol–water partition coefficient (Wildman–Crippen LogP) is 4.50. The highest BCUT2D eigenvalue weighted by molar-refractivity contribution is 6.32. The van der Waals surface area contributed by atoms with Gasteiger partial charge in [0, 0.05) is 0 Å². The SMILES string of the molecule is Cc1nc(C(=O)Nc2ccccc2C(F)(F)F)nn1-c1ccccc1Cl. The van der Waals surface area contributed by atoms with Crippen molar-refractivity contribution in [2.75, 3.05) is 5.32 Å². The highest BCUT2D eigenvalue weighted by atomic mass is 35.5. The minimum absolute atomic E-state index is 0.264. The van der Waals surface area contributed by atoms with Gasteiger partial charge in [0.15, 0.2) is 0 Å². The number of nitrogens with one attached hydrogen (secondary N) is 1. The summed E-state index contributed by atoms with van der Waals surface area (Å²) in [6, 6.07) is 11.5. The van der Waals surface area contributed by atoms with Crippen LogP contribution in [-0.2, 0) is 6.18 Å². The van der Waals surface area contributed by atoms with E-state index in [1.807, 2.05) is 0 Å². The number of rotatable bonds is 3. The Morgan fingerprint density at radius 2 is 1.77 bits per heavy atom. The van der Waals surface area contributed by atoms with Gasteiger partial charge in [-0.25, -0.2) is 9.67 Å². The summed E-state index contributed by atoms with van der Waals surface area (Å²) in [6.07, 6.45) is -4.59. The first kappa shape index (κ1) is 17.9. The first-order valence-electron chi connectivity index (χ1n) is 7.43. The molecule has 9 heteroatoms. The first-order chi connectivity index (χ1) is 12.3. The molecule has 5 nitrogen and oxygen atoms in total. The summed E-state index contributed by atoms with van der Waals surface area (Å²) in [4.78, 5) is 16.3. The van der Waals surface area contributed by atoms with Gasteiger partial charge in [0.1, 0.15) is 5.82 Å². The Bertz CT molecular complexity index is 969. The van der Waals surface area contributed by atoms with Gasteiger partial charge < -0.3 is 5.32 Å². The van der Waals surface area contributed by atoms with E-state index in [4.69, 9.17) is 11.6 Å². The molecular formula is C17H12ClF3N4O. The van der Waals surface area contributed by atoms with E-state index in [1.165, 1.54) is 22.9 Å². The molecule has 0 radical (unpaired) electrons. The van der Waals surface area contributed by atoms with E-state index in [0.29, 0.717) is 16.5 Å². The fraction of sp³-hybridized carbons (Fsp3) is 0.118. The van der Waals surface area contributed by atoms with Crippen molar-refractivity contribution < 1.29 is 18.0 Å². The van der Waals surface area contributed by atoms with Crippen molar-refractivity contribution >= 4 is 23.2 Å². The number of hydrogen-bond donors (Lipinski definition) is 1. The molecule has 0 aliphatic carbocycles. The zero-order chi connectivity index (χ0) is 18.9. The van der Waals surface area contributed by atoms with E-state index in [0.717, 1.165) is 6.07 Å². The first-order valence-corrected chi connectivity index (χ1v) is 7.81. The highest BCUT2D eigenvalue weighted by Gasteiger charge is 2.34. The summed E-state index contributed by atoms with van der Waals surface area (Å²) >= 11 is 6.11. The van der Waals surface area contributed by atoms with Gasteiger partial charge in [0.2, 0.25) is 5.82 Å². The molecule has 1 aromatic heterocycles. The summed E-state index contributed by atoms with van der Waals surface area (Å²) < 4.78 is 40.5. The van der Waals surface area contributed by atoms with Crippen LogP contribution in [0.1, 0.15) is 22.0 Å². The Hall–Kier alpha value is -2.87. The van der Waals surface area contributed by atoms with Crippen LogP contribution >= 0.6 is 11.6 Å². The number of hydrogen-bond acceptors (Lipinski definition) is 3. The Kier molecular flexibility index (Phi) is 4.69. The average Bonchev–Trinajstić information content (AvgIpc) is 2.97. The maximum atomic E-state index is 13.0. The lowest BCUT2D eigenvalue weighted by Gasteiger charge is -2.12. The summed E-state index contributed by atoms with van der Waals surface area (Å²) in [5.74, 6) is -0.748. The molecular weight excluding hydrogens is 369 g/mol. The van der Waals surface area contributed by atoms with Gasteiger partial charge in [0.05, 0.1) is 22.0 Å². The average molecular weight is 381 g/mol. The largest absolute Gasteiger partial charge is 0.418 e. The van der Waals surface area contributed by atoms with Crippen LogP contribution in [0.5, 0.6) is 0 Å². The summed E-state index contributed by atoms with van der Waals surface area (Å²) in [5, 5.41) is 6.66. The Morgan fingerprint density at radius 1 is 1.12 bits per heavy atom. The molecule has 0 aliphatic rings. The molecule has 0 atom stereocenters. The van der Waals surface area contributed by atoms with Crippen molar-refractivity contribution in [1.29, 1.82) is 0 Å². The number of carbonyl (C=O) groups is 1. The standard InChI is InChI=1S/C17H12ClF3N4O/c1-10-22-15(24-25(10)14-9-5-3-7-12(14)18)16(26)23-13-8-4-2-6-11(13)17(19,20)21/h2-9H,1H3,(H,23,26). The number of aromatic nitrogens is 3. The van der Waals surface area contributed by atoms with Crippen LogP contribution in [0.15, 0.2) is 48.5 Å². The van der Waals surface area contributed by atoms with Gasteiger partial charge in [0.25, 0.3) is 5.91 Å². The maximum absolute atomic E-state index is 13.0. The Balaban J connectivity index is 1.92. The molecule has 26 heavy (non-hydrogen) atoms. The minimum atomic E-state index is -4.59. The van der Waals surface area contributed by atoms with E-state index < -0.39 is 17.6 Å². The minimum Gasteiger partial charge on any atom is -0.319 e. The monoisotopic (exact) mass is 380 g/mol. The summed E-state index contributed by atoms with van der Waals surface area (Å²) in [7, 11) is 0. The number of carbonyl (C=O) groups excluding carboxylic acids is 1. The molecule has 2 aromatic carbocycles. The van der Waals surface area contributed by atoms with Crippen LogP contribution in [0.3, 0.4) is 0 Å². The zero-order valence-electron chi connectivity index (χ0n) is 13.4. The van der Waals surface area contributed by atoms with Gasteiger partial charge in [-0.2, -0.15) is 13.2 Å². The lowest BCUT2D eigenvalue weighted by atomic mass is 10.1. The van der Waals surface area contributed by atoms with Crippen molar-refractivity contribution in [2.45, 2.75) is 13.1 Å². The molecule has 0 saturated carbocycles. The summed E-state index contributed by atoms with van der Waals surface area (Å²) in [6.45, 7) is 1.61. The van der Waals surface area contributed by atoms with Crippen molar-refractivity contribution in [2.24, 2.45) is 0 Å². The molecule has 0 spiro atoms. The topological polar surface area (TPSA) is 59.8 Å². The molecule has 3 rings (SSSR count). The van der Waals surface area contributed by atoms with Crippen LogP contribution in [0.2, 0.25) is 5.02 Å². The second kappa shape index (κ2) is 6.80. The van der Waals surface area contributed by atoms with E-state index in [2.05, 4.69) is 15.4 Å². The van der Waals surface area contributed by atoms with Crippen LogP contribution in [0.4, 0.5) is 18.9 Å². The van der Waals surface area contributed by atoms with Crippen LogP contribution in [0, 0.1) is 6.92 Å². The number of amides is 1. The molecule has 1 heterocycles. The molecule has 0 fully saturated rings. The normalized spacial score (nSPS) is 11.4. The van der Waals surface area contributed by atoms with Gasteiger partial charge in [-0.3, -0.25) is 4.79 Å². The fourth-order valence-corrected chi connectivity index (χ4v) is 2.57. The molecule has 0 bridgehead atoms. The number of alkyl halides is 3. The predicted molar refractivity (Wildman–Crippen MR) is 90.5 cm³/mol. The third kappa shape index (κ3) is 3.55. The molecule has 0 unspecified atom stereocenters. The molecule has 0 saturated heterocycles. The third-order valence-corrected chi connectivity index (χ3v) is 3.85. The number of aryl methyl sites for hydroxylation is 1. The fourth-order valence-electron chi connectivity index (χ4n) is 2.36. The third-order valence-electron chi connectivity index (χ3n) is 3.53. The molecule has 1 amide bonds. The number of benzene rings is 2. The number of nitrogens with zero attached hydrogens (tertiary/aromatic N) is 3. The van der Waals surface area contributed by atoms with E-state index in [1.54, 1.807) is 31.2 Å². The van der Waals surface area contributed by atoms with Crippen LogP contribution < -0.4 is 5.32 Å². The van der Waals surface area contributed by atoms with Gasteiger partial charge in [-0.1, -0.05) is 35.9 Å². The number of para-hydroxylation sites is 2. The second-order valence-corrected chi connectivity index (χ2v) is 5.75. The zero-order valence-corrected chi connectivity index (χ0v) is 14.1. The van der Waals surface area contributed by atoms with Crippen LogP contribution in [0.25, 0.3) is 5.69 Å². The highest BCUT2D eigenvalue weighted by Crippen LogP contribution is 2.34. The van der Waals surface area contributed by atoms with Crippen molar-refractivity contribution in [1.82, 2.24) is 14.8 Å². The molecule has 0 aliphatic heterocycles. The lowest BCUT2D eigenvalue weighted by molar-refractivity contribution is -0.136. The van der Waals surface area contributed by atoms with E-state index >= 15 is 0 Å². The van der Waals surface area contributed by atoms with Crippen molar-refractivity contribution in [3.8, 4) is 5.69 Å². The van der Waals surface area contributed by atoms with E-state index in [-0.39, 0.29) is 11.5 Å². The molecule has 134 valence electrons. The van der Waals surface area contributed by atoms with E-state index in [9.17, 15) is 18.0 Å². The van der Waals surface area contributed by atoms with Crippen molar-refractivity contribution in [3.05, 3.63) is 70.8 Å². The van der Waals surface area contributed by atoms with Crippen LogP contribution in [-0.4, -0.2) is 20.7 Å². The van der Waals surface area contributed by atoms with Gasteiger partial charge >= 0.3 is 6.18 Å². The maximum Gasteiger partial charge on any atom is 0.418 e. The number of anilines is 1. The van der Waals surface area contributed by atoms with Gasteiger partial charge in [-0.05, 0) is 31.2 Å². The number of halogens is 4. The summed E-state index contributed by atoms with van der Waals surface area (Å²) in [5.41, 5.74) is -0.804. The quantitative estimate of drug-likeness (QED) is 0.727. The Labute approximate surface area is 151 Å². The Morgan fingerprint density at radius 3 is 2.46 bits per heavy atom. The smallest absolute Gasteiger partial charge is 0.319 e. The molecule has 1 N–H and O–H groups in total. The lowest BCUT2D eigenvalue weighted by Crippen LogP contribution is -2.18. The second-order valence-electron chi connectivity index (χ2n) is 5.34. The van der Waals surface area contributed by atoms with Crippen molar-refractivity contribution in [3.63, 3.8) is 0 Å². The van der Waals surface area contributed by atoms with Gasteiger partial charge in [-0.15, -0.1) is 5.10 Å². The molecule has 3 aromatic rings.